The van der Waals surface area contributed by atoms with Gasteiger partial charge >= 0.3 is 12.1 Å². The van der Waals surface area contributed by atoms with Crippen molar-refractivity contribution in [3.63, 3.8) is 0 Å². The third-order valence-electron chi connectivity index (χ3n) is 3.74. The Morgan fingerprint density at radius 2 is 1.85 bits per heavy atom. The van der Waals surface area contributed by atoms with Crippen molar-refractivity contribution in [1.82, 2.24) is 0 Å². The molecule has 1 aliphatic heterocycles. The van der Waals surface area contributed by atoms with Crippen LogP contribution >= 0.6 is 11.6 Å². The van der Waals surface area contributed by atoms with Crippen LogP contribution in [0.15, 0.2) is 24.3 Å². The molecule has 6 atom stereocenters. The minimum Gasteiger partial charge on any atom is -0.479 e. The molecule has 0 radical (unpaired) electrons. The Morgan fingerprint density at radius 3 is 2.42 bits per heavy atom. The summed E-state index contributed by atoms with van der Waals surface area (Å²) in [5, 5.41) is 38.9. The van der Waals surface area contributed by atoms with E-state index in [2.05, 4.69) is 0 Å². The number of nitrogens with two attached hydrogens (primary N) is 1. The average molecular weight is 392 g/mol. The van der Waals surface area contributed by atoms with Gasteiger partial charge in [-0.3, -0.25) is 0 Å². The summed E-state index contributed by atoms with van der Waals surface area (Å²) in [6.07, 6.45) is -11.1. The summed E-state index contributed by atoms with van der Waals surface area (Å²) >= 11 is 6.08. The van der Waals surface area contributed by atoms with E-state index in [9.17, 15) is 24.9 Å². The number of carbonyl (C=O) groups excluding carboxylic acids is 1. The largest absolute Gasteiger partial charge is 0.479 e. The van der Waals surface area contributed by atoms with E-state index in [-0.39, 0.29) is 5.02 Å². The molecule has 1 amide bonds. The molecule has 26 heavy (non-hydrogen) atoms. The quantitative estimate of drug-likeness (QED) is 0.424. The van der Waals surface area contributed by atoms with Gasteiger partial charge in [-0.05, 0) is 6.07 Å². The molecule has 1 heterocycles. The van der Waals surface area contributed by atoms with Gasteiger partial charge in [-0.15, -0.1) is 0 Å². The standard InChI is InChI=1S/C15H18ClNO9/c16-7-4-2-1-3-6(7)8(5-24-15(17)23)25-14-11(20)9(18)10(19)12(26-14)13(21)22/h1-4,8-12,14,18-20H,5H2,(H2,17,23)(H,21,22)/t8-,9?,10?,11?,12?,14?/m1/s1. The van der Waals surface area contributed by atoms with Gasteiger partial charge in [0, 0.05) is 10.6 Å². The van der Waals surface area contributed by atoms with Crippen LogP contribution in [-0.4, -0.2) is 69.8 Å². The average Bonchev–Trinajstić information content (AvgIpc) is 2.58. The predicted octanol–water partition coefficient (Wildman–Crippen LogP) is -0.615. The summed E-state index contributed by atoms with van der Waals surface area (Å²) < 4.78 is 15.2. The van der Waals surface area contributed by atoms with E-state index in [0.717, 1.165) is 0 Å². The van der Waals surface area contributed by atoms with Crippen LogP contribution in [0.1, 0.15) is 11.7 Å². The lowest BCUT2D eigenvalue weighted by molar-refractivity contribution is -0.307. The molecule has 2 rings (SSSR count). The zero-order valence-corrected chi connectivity index (χ0v) is 14.0. The maximum absolute atomic E-state index is 11.1. The molecule has 10 nitrogen and oxygen atoms in total. The minimum atomic E-state index is -1.86. The second-order valence-corrected chi connectivity index (χ2v) is 5.92. The Balaban J connectivity index is 2.24. The van der Waals surface area contributed by atoms with Gasteiger partial charge < -0.3 is 40.4 Å². The van der Waals surface area contributed by atoms with Crippen LogP contribution < -0.4 is 5.73 Å². The minimum absolute atomic E-state index is 0.242. The summed E-state index contributed by atoms with van der Waals surface area (Å²) in [6, 6.07) is 6.35. The number of aliphatic carboxylic acids is 1. The molecule has 0 aromatic heterocycles. The lowest BCUT2D eigenvalue weighted by atomic mass is 9.99. The van der Waals surface area contributed by atoms with E-state index in [1.165, 1.54) is 6.07 Å². The smallest absolute Gasteiger partial charge is 0.404 e. The number of carboxylic acid groups (broad SMARTS) is 1. The monoisotopic (exact) mass is 391 g/mol. The van der Waals surface area contributed by atoms with Crippen molar-refractivity contribution in [3.05, 3.63) is 34.9 Å². The first-order chi connectivity index (χ1) is 12.2. The van der Waals surface area contributed by atoms with Gasteiger partial charge in [0.1, 0.15) is 31.0 Å². The highest BCUT2D eigenvalue weighted by molar-refractivity contribution is 6.31. The Kier molecular flexibility index (Phi) is 6.75. The highest BCUT2D eigenvalue weighted by atomic mass is 35.5. The number of carbonyl (C=O) groups is 2. The number of benzene rings is 1. The topological polar surface area (TPSA) is 169 Å². The normalized spacial score (nSPS) is 29.8. The van der Waals surface area contributed by atoms with Gasteiger partial charge in [-0.1, -0.05) is 29.8 Å². The van der Waals surface area contributed by atoms with Crippen LogP contribution in [-0.2, 0) is 19.0 Å². The van der Waals surface area contributed by atoms with Crippen LogP contribution in [0.25, 0.3) is 0 Å². The summed E-state index contributed by atoms with van der Waals surface area (Å²) in [6.45, 7) is -0.415. The van der Waals surface area contributed by atoms with Crippen molar-refractivity contribution < 1.29 is 44.2 Å². The number of primary amides is 1. The Labute approximate surface area is 152 Å². The number of amides is 1. The lowest BCUT2D eigenvalue weighted by Crippen LogP contribution is -2.60. The molecule has 6 N–H and O–H groups in total. The molecule has 1 aliphatic rings. The first-order valence-corrected chi connectivity index (χ1v) is 7.84. The number of hydrogen-bond donors (Lipinski definition) is 5. The third-order valence-corrected chi connectivity index (χ3v) is 4.08. The van der Waals surface area contributed by atoms with Crippen molar-refractivity contribution in [2.45, 2.75) is 36.8 Å². The molecule has 0 saturated carbocycles. The predicted molar refractivity (Wildman–Crippen MR) is 85.1 cm³/mol. The summed E-state index contributed by atoms with van der Waals surface area (Å²) in [7, 11) is 0. The van der Waals surface area contributed by atoms with E-state index < -0.39 is 55.5 Å². The fraction of sp³-hybridized carbons (Fsp3) is 0.467. The van der Waals surface area contributed by atoms with Gasteiger partial charge in [-0.25, -0.2) is 9.59 Å². The van der Waals surface area contributed by atoms with Crippen molar-refractivity contribution in [1.29, 1.82) is 0 Å². The van der Waals surface area contributed by atoms with Crippen molar-refractivity contribution >= 4 is 23.7 Å². The number of ether oxygens (including phenoxy) is 3. The number of hydrogen-bond acceptors (Lipinski definition) is 8. The fourth-order valence-corrected chi connectivity index (χ4v) is 2.68. The van der Waals surface area contributed by atoms with Gasteiger partial charge in [0.2, 0.25) is 0 Å². The summed E-state index contributed by atoms with van der Waals surface area (Å²) in [5.41, 5.74) is 5.28. The van der Waals surface area contributed by atoms with E-state index in [1.807, 2.05) is 0 Å². The van der Waals surface area contributed by atoms with Gasteiger partial charge in [0.15, 0.2) is 12.4 Å². The number of halogens is 1. The van der Waals surface area contributed by atoms with E-state index in [1.54, 1.807) is 18.2 Å². The molecule has 1 saturated heterocycles. The van der Waals surface area contributed by atoms with E-state index in [0.29, 0.717) is 5.56 Å². The van der Waals surface area contributed by atoms with E-state index >= 15 is 0 Å². The highest BCUT2D eigenvalue weighted by Crippen LogP contribution is 2.31. The number of rotatable bonds is 6. The lowest BCUT2D eigenvalue weighted by Gasteiger charge is -2.39. The maximum atomic E-state index is 11.1. The molecule has 1 aromatic carbocycles. The maximum Gasteiger partial charge on any atom is 0.404 e. The van der Waals surface area contributed by atoms with Crippen LogP contribution in [0.4, 0.5) is 4.79 Å². The molecule has 1 aromatic rings. The summed E-state index contributed by atoms with van der Waals surface area (Å²) in [4.78, 5) is 22.0. The van der Waals surface area contributed by atoms with Crippen LogP contribution in [0, 0.1) is 0 Å². The Hall–Kier alpha value is -1.95. The zero-order chi connectivity index (χ0) is 19.4. The number of carboxylic acids is 1. The van der Waals surface area contributed by atoms with Crippen molar-refractivity contribution in [2.24, 2.45) is 5.73 Å². The first kappa shape index (κ1) is 20.4. The van der Waals surface area contributed by atoms with Gasteiger partial charge in [-0.2, -0.15) is 0 Å². The van der Waals surface area contributed by atoms with Crippen LogP contribution in [0.2, 0.25) is 5.02 Å². The molecule has 0 aliphatic carbocycles. The van der Waals surface area contributed by atoms with E-state index in [4.69, 9.17) is 36.7 Å². The Bertz CT molecular complexity index is 658. The molecular formula is C15H18ClNO9. The second kappa shape index (κ2) is 8.62. The van der Waals surface area contributed by atoms with Crippen molar-refractivity contribution in [2.75, 3.05) is 6.61 Å². The van der Waals surface area contributed by atoms with Crippen LogP contribution in [0.5, 0.6) is 0 Å². The first-order valence-electron chi connectivity index (χ1n) is 7.47. The van der Waals surface area contributed by atoms with Crippen LogP contribution in [0.3, 0.4) is 0 Å². The molecule has 1 fully saturated rings. The SMILES string of the molecule is NC(=O)OC[C@@H](OC1OC(C(=O)O)C(O)C(O)C1O)c1ccccc1Cl. The molecule has 0 bridgehead atoms. The van der Waals surface area contributed by atoms with Gasteiger partial charge in [0.25, 0.3) is 0 Å². The second-order valence-electron chi connectivity index (χ2n) is 5.51. The number of aliphatic hydroxyl groups is 3. The zero-order valence-electron chi connectivity index (χ0n) is 13.3. The number of aliphatic hydroxyl groups excluding tert-OH is 3. The van der Waals surface area contributed by atoms with Crippen molar-refractivity contribution in [3.8, 4) is 0 Å². The summed E-state index contributed by atoms with van der Waals surface area (Å²) in [5.74, 6) is -1.56. The third kappa shape index (κ3) is 4.61. The molecule has 144 valence electrons. The fourth-order valence-electron chi connectivity index (χ4n) is 2.42. The molecule has 0 spiro atoms. The molecule has 11 heteroatoms. The molecular weight excluding hydrogens is 374 g/mol. The Morgan fingerprint density at radius 1 is 1.19 bits per heavy atom. The highest BCUT2D eigenvalue weighted by Gasteiger charge is 2.48. The van der Waals surface area contributed by atoms with Gasteiger partial charge in [0.05, 0.1) is 0 Å². The molecule has 5 unspecified atom stereocenters.